The van der Waals surface area contributed by atoms with Crippen LogP contribution in [0.5, 0.6) is 0 Å². The van der Waals surface area contributed by atoms with E-state index in [1.807, 2.05) is 6.07 Å². The van der Waals surface area contributed by atoms with Gasteiger partial charge in [-0.25, -0.2) is 8.42 Å². The molecule has 0 unspecified atom stereocenters. The van der Waals surface area contributed by atoms with E-state index in [0.717, 1.165) is 6.26 Å². The van der Waals surface area contributed by atoms with Crippen molar-refractivity contribution < 1.29 is 8.42 Å². The highest BCUT2D eigenvalue weighted by atomic mass is 32.2. The molecule has 0 aliphatic rings. The van der Waals surface area contributed by atoms with Crippen LogP contribution >= 0.6 is 0 Å². The molecule has 0 spiro atoms. The maximum Gasteiger partial charge on any atom is 0.176 e. The van der Waals surface area contributed by atoms with Crippen molar-refractivity contribution >= 4 is 9.84 Å². The van der Waals surface area contributed by atoms with Crippen molar-refractivity contribution in [3.8, 4) is 12.1 Å². The largest absolute Gasteiger partial charge is 0.224 e. The van der Waals surface area contributed by atoms with Gasteiger partial charge in [-0.05, 0) is 18.2 Å². The number of rotatable bonds is 1. The Bertz CT molecular complexity index is 547. The Morgan fingerprint density at radius 3 is 2.29 bits per heavy atom. The number of sulfone groups is 1. The van der Waals surface area contributed by atoms with Crippen LogP contribution in [0.3, 0.4) is 0 Å². The predicted octanol–water partition coefficient (Wildman–Crippen LogP) is 0.833. The molecule has 1 aromatic carbocycles. The Balaban J connectivity index is 3.57. The highest BCUT2D eigenvalue weighted by Crippen LogP contribution is 2.16. The summed E-state index contributed by atoms with van der Waals surface area (Å²) >= 11 is 0. The van der Waals surface area contributed by atoms with Gasteiger partial charge in [-0.3, -0.25) is 0 Å². The van der Waals surface area contributed by atoms with Gasteiger partial charge in [0.25, 0.3) is 0 Å². The van der Waals surface area contributed by atoms with E-state index in [2.05, 4.69) is 0 Å². The van der Waals surface area contributed by atoms with Crippen LogP contribution in [-0.4, -0.2) is 14.7 Å². The van der Waals surface area contributed by atoms with E-state index < -0.39 is 9.84 Å². The maximum atomic E-state index is 11.2. The fourth-order valence-electron chi connectivity index (χ4n) is 0.991. The van der Waals surface area contributed by atoms with Crippen molar-refractivity contribution in [3.05, 3.63) is 29.3 Å². The van der Waals surface area contributed by atoms with Gasteiger partial charge >= 0.3 is 0 Å². The van der Waals surface area contributed by atoms with Gasteiger partial charge in [0.2, 0.25) is 0 Å². The van der Waals surface area contributed by atoms with Gasteiger partial charge in [-0.2, -0.15) is 10.5 Å². The molecule has 0 fully saturated rings. The van der Waals surface area contributed by atoms with Gasteiger partial charge in [0.05, 0.1) is 22.1 Å². The average Bonchev–Trinajstić information content (AvgIpc) is 2.15. The zero-order valence-electron chi connectivity index (χ0n) is 7.35. The molecule has 0 aliphatic heterocycles. The first-order valence-electron chi connectivity index (χ1n) is 3.63. The molecule has 0 bridgehead atoms. The average molecular weight is 206 g/mol. The standard InChI is InChI=1S/C9H6N2O2S/c1-14(12,13)9-4-7(5-10)2-3-8(9)6-11/h2-4H,1H3. The third-order valence-electron chi connectivity index (χ3n) is 1.63. The normalized spacial score (nSPS) is 10.2. The summed E-state index contributed by atoms with van der Waals surface area (Å²) < 4.78 is 22.4. The van der Waals surface area contributed by atoms with Crippen molar-refractivity contribution in [2.45, 2.75) is 4.90 Å². The second-order valence-corrected chi connectivity index (χ2v) is 4.69. The topological polar surface area (TPSA) is 81.7 Å². The van der Waals surface area contributed by atoms with E-state index in [1.54, 1.807) is 6.07 Å². The second-order valence-electron chi connectivity index (χ2n) is 2.71. The summed E-state index contributed by atoms with van der Waals surface area (Å²) in [6.45, 7) is 0. The van der Waals surface area contributed by atoms with E-state index in [1.165, 1.54) is 18.2 Å². The fraction of sp³-hybridized carbons (Fsp3) is 0.111. The van der Waals surface area contributed by atoms with E-state index in [-0.39, 0.29) is 16.0 Å². The van der Waals surface area contributed by atoms with Crippen LogP contribution in [0, 0.1) is 22.7 Å². The molecule has 0 aromatic heterocycles. The van der Waals surface area contributed by atoms with Gasteiger partial charge in [-0.15, -0.1) is 0 Å². The number of hydrogen-bond acceptors (Lipinski definition) is 4. The lowest BCUT2D eigenvalue weighted by Crippen LogP contribution is -2.00. The second kappa shape index (κ2) is 3.49. The van der Waals surface area contributed by atoms with Crippen LogP contribution in [0.15, 0.2) is 23.1 Å². The summed E-state index contributed by atoms with van der Waals surface area (Å²) in [4.78, 5) is -0.0981. The first-order valence-corrected chi connectivity index (χ1v) is 5.52. The Labute approximate surface area is 81.9 Å². The number of nitriles is 2. The predicted molar refractivity (Wildman–Crippen MR) is 49.0 cm³/mol. The lowest BCUT2D eigenvalue weighted by atomic mass is 10.2. The lowest BCUT2D eigenvalue weighted by molar-refractivity contribution is 0.601. The highest BCUT2D eigenvalue weighted by Gasteiger charge is 2.13. The van der Waals surface area contributed by atoms with Crippen molar-refractivity contribution in [2.75, 3.05) is 6.26 Å². The van der Waals surface area contributed by atoms with E-state index >= 15 is 0 Å². The van der Waals surface area contributed by atoms with Gasteiger partial charge in [0.1, 0.15) is 6.07 Å². The monoisotopic (exact) mass is 206 g/mol. The van der Waals surface area contributed by atoms with Crippen LogP contribution in [-0.2, 0) is 9.84 Å². The summed E-state index contributed by atoms with van der Waals surface area (Å²) in [5, 5.41) is 17.2. The molecule has 0 N–H and O–H groups in total. The zero-order chi connectivity index (χ0) is 10.8. The van der Waals surface area contributed by atoms with Gasteiger partial charge in [0, 0.05) is 6.26 Å². The molecule has 4 nitrogen and oxygen atoms in total. The van der Waals surface area contributed by atoms with Crippen molar-refractivity contribution in [1.29, 1.82) is 10.5 Å². The van der Waals surface area contributed by atoms with E-state index in [4.69, 9.17) is 10.5 Å². The molecule has 0 amide bonds. The minimum Gasteiger partial charge on any atom is -0.224 e. The molecule has 0 atom stereocenters. The summed E-state index contributed by atoms with van der Waals surface area (Å²) in [5.41, 5.74) is 0.288. The third-order valence-corrected chi connectivity index (χ3v) is 2.77. The Morgan fingerprint density at radius 1 is 1.21 bits per heavy atom. The maximum absolute atomic E-state index is 11.2. The minimum absolute atomic E-state index is 0.0616. The van der Waals surface area contributed by atoms with E-state index in [9.17, 15) is 8.42 Å². The molecule has 0 heterocycles. The van der Waals surface area contributed by atoms with Crippen LogP contribution in [0.1, 0.15) is 11.1 Å². The molecular formula is C9H6N2O2S. The van der Waals surface area contributed by atoms with Crippen molar-refractivity contribution in [1.82, 2.24) is 0 Å². The first kappa shape index (κ1) is 10.2. The SMILES string of the molecule is CS(=O)(=O)c1cc(C#N)ccc1C#N. The van der Waals surface area contributed by atoms with Crippen LogP contribution in [0.2, 0.25) is 0 Å². The van der Waals surface area contributed by atoms with Crippen molar-refractivity contribution in [3.63, 3.8) is 0 Å². The highest BCUT2D eigenvalue weighted by molar-refractivity contribution is 7.90. The number of benzene rings is 1. The number of nitrogens with zero attached hydrogens (tertiary/aromatic N) is 2. The fourth-order valence-corrected chi connectivity index (χ4v) is 1.85. The first-order chi connectivity index (χ1) is 6.49. The van der Waals surface area contributed by atoms with E-state index in [0.29, 0.717) is 0 Å². The Kier molecular flexibility index (Phi) is 2.55. The summed E-state index contributed by atoms with van der Waals surface area (Å²) in [7, 11) is -3.45. The van der Waals surface area contributed by atoms with Crippen LogP contribution < -0.4 is 0 Å². The Hall–Kier alpha value is -1.85. The third kappa shape index (κ3) is 1.90. The Morgan fingerprint density at radius 2 is 1.86 bits per heavy atom. The van der Waals surface area contributed by atoms with Crippen LogP contribution in [0.4, 0.5) is 0 Å². The van der Waals surface area contributed by atoms with Gasteiger partial charge in [-0.1, -0.05) is 0 Å². The molecule has 1 rings (SSSR count). The molecular weight excluding hydrogens is 200 g/mol. The minimum atomic E-state index is -3.45. The zero-order valence-corrected chi connectivity index (χ0v) is 8.17. The smallest absolute Gasteiger partial charge is 0.176 e. The molecule has 0 saturated carbocycles. The van der Waals surface area contributed by atoms with Gasteiger partial charge < -0.3 is 0 Å². The molecule has 70 valence electrons. The quantitative estimate of drug-likeness (QED) is 0.681. The molecule has 0 saturated heterocycles. The molecule has 0 radical (unpaired) electrons. The van der Waals surface area contributed by atoms with Gasteiger partial charge in [0.15, 0.2) is 9.84 Å². The summed E-state index contributed by atoms with van der Waals surface area (Å²) in [5.74, 6) is 0. The molecule has 1 aromatic rings. The number of hydrogen-bond donors (Lipinski definition) is 0. The van der Waals surface area contributed by atoms with Crippen molar-refractivity contribution in [2.24, 2.45) is 0 Å². The molecule has 5 heteroatoms. The molecule has 0 aliphatic carbocycles. The summed E-state index contributed by atoms with van der Waals surface area (Å²) in [6, 6.07) is 7.52. The molecule has 14 heavy (non-hydrogen) atoms. The summed E-state index contributed by atoms with van der Waals surface area (Å²) in [6.07, 6.45) is 1.00. The van der Waals surface area contributed by atoms with Crippen LogP contribution in [0.25, 0.3) is 0 Å². The lowest BCUT2D eigenvalue weighted by Gasteiger charge is -2.00.